The maximum atomic E-state index is 13.7. The normalized spacial score (nSPS) is 12.0. The summed E-state index contributed by atoms with van der Waals surface area (Å²) in [7, 11) is -3.19. The second-order valence-corrected chi connectivity index (χ2v) is 8.05. The van der Waals surface area contributed by atoms with Crippen LogP contribution in [-0.2, 0) is 26.1 Å². The van der Waals surface area contributed by atoms with E-state index in [1.807, 2.05) is 10.0 Å². The molecule has 0 saturated carbocycles. The smallest absolute Gasteiger partial charge is 0.338 e. The van der Waals surface area contributed by atoms with Gasteiger partial charge in [-0.3, -0.25) is 10.1 Å². The van der Waals surface area contributed by atoms with Crippen molar-refractivity contribution in [3.05, 3.63) is 65.0 Å². The lowest BCUT2D eigenvalue weighted by atomic mass is 10.1. The number of sulfonamides is 1. The molecule has 2 aromatic rings. The summed E-state index contributed by atoms with van der Waals surface area (Å²) in [5, 5.41) is 4.11. The van der Waals surface area contributed by atoms with Gasteiger partial charge in [-0.15, -0.1) is 0 Å². The van der Waals surface area contributed by atoms with E-state index in [1.54, 1.807) is 0 Å². The largest absolute Gasteiger partial charge is 0.449 e. The first-order valence-corrected chi connectivity index (χ1v) is 10.4. The molecule has 0 aliphatic heterocycles. The maximum absolute atomic E-state index is 13.7. The minimum absolute atomic E-state index is 0.0304. The van der Waals surface area contributed by atoms with Crippen LogP contribution in [0, 0.1) is 17.5 Å². The maximum Gasteiger partial charge on any atom is 0.338 e. The van der Waals surface area contributed by atoms with Gasteiger partial charge in [0.05, 0.1) is 5.56 Å². The highest BCUT2D eigenvalue weighted by Gasteiger charge is 2.24. The third kappa shape index (κ3) is 6.04. The fraction of sp³-hybridized carbons (Fsp3) is 0.211. The first kappa shape index (κ1) is 24.8. The highest BCUT2D eigenvalue weighted by molar-refractivity contribution is 7.89. The minimum Gasteiger partial charge on any atom is -0.449 e. The molecule has 0 aliphatic rings. The number of carbonyl (C=O) groups excluding carboxylic acids is 3. The molecule has 13 heteroatoms. The molecule has 0 bridgehead atoms. The molecule has 0 saturated heterocycles. The molecule has 172 valence electrons. The summed E-state index contributed by atoms with van der Waals surface area (Å²) in [6, 6.07) is 5.60. The molecular weight excluding hydrogens is 455 g/mol. The van der Waals surface area contributed by atoms with Crippen molar-refractivity contribution in [3.63, 3.8) is 0 Å². The summed E-state index contributed by atoms with van der Waals surface area (Å²) in [5.74, 6) is -6.99. The zero-order valence-electron chi connectivity index (χ0n) is 16.7. The van der Waals surface area contributed by atoms with E-state index in [0.29, 0.717) is 17.7 Å². The predicted octanol–water partition coefficient (Wildman–Crippen LogP) is 1.58. The third-order valence-corrected chi connectivity index (χ3v) is 5.48. The Balaban J connectivity index is 2.01. The molecule has 0 spiro atoms. The average Bonchev–Trinajstić information content (AvgIpc) is 2.76. The molecule has 0 radical (unpaired) electrons. The fourth-order valence-corrected chi connectivity index (χ4v) is 3.37. The Hall–Kier alpha value is -3.45. The Kier molecular flexibility index (Phi) is 7.94. The molecule has 3 amide bonds. The molecule has 0 aromatic heterocycles. The summed E-state index contributed by atoms with van der Waals surface area (Å²) in [6.07, 6.45) is -1.27. The van der Waals surface area contributed by atoms with Gasteiger partial charge in [-0.1, -0.05) is 12.1 Å². The van der Waals surface area contributed by atoms with Crippen LogP contribution in [0.25, 0.3) is 0 Å². The Morgan fingerprint density at radius 2 is 1.62 bits per heavy atom. The van der Waals surface area contributed by atoms with Crippen LogP contribution in [0.3, 0.4) is 0 Å². The summed E-state index contributed by atoms with van der Waals surface area (Å²) in [4.78, 5) is 33.9. The lowest BCUT2D eigenvalue weighted by Gasteiger charge is -2.13. The molecule has 0 fully saturated rings. The topological polar surface area (TPSA) is 131 Å². The zero-order valence-corrected chi connectivity index (χ0v) is 17.6. The summed E-state index contributed by atoms with van der Waals surface area (Å²) < 4.78 is 71.3. The first-order chi connectivity index (χ1) is 15.0. The Bertz CT molecular complexity index is 1140. The molecule has 2 rings (SSSR count). The number of imide groups is 1. The Morgan fingerprint density at radius 1 is 1.00 bits per heavy atom. The monoisotopic (exact) mass is 473 g/mol. The molecular formula is C19H18F3N3O6S. The standard InChI is InChI=1S/C19H18F3N3O6S/c1-10(17(26)25-19(28)23-2)31-18(27)12-5-3-11(4-6-12)9-24-32(29,30)14-8-7-13(20)15(21)16(14)22/h3-8,10,24H,9H2,1-2H3,(H2,23,25,26,28)/t10-/m1/s1. The van der Waals surface area contributed by atoms with Crippen molar-refractivity contribution in [2.45, 2.75) is 24.5 Å². The van der Waals surface area contributed by atoms with E-state index in [4.69, 9.17) is 4.74 Å². The van der Waals surface area contributed by atoms with Gasteiger partial charge in [0.2, 0.25) is 10.0 Å². The molecule has 0 unspecified atom stereocenters. The van der Waals surface area contributed by atoms with Gasteiger partial charge in [0.15, 0.2) is 23.6 Å². The first-order valence-electron chi connectivity index (χ1n) is 8.92. The third-order valence-electron chi connectivity index (χ3n) is 4.06. The van der Waals surface area contributed by atoms with E-state index in [-0.39, 0.29) is 12.1 Å². The molecule has 32 heavy (non-hydrogen) atoms. The second kappa shape index (κ2) is 10.2. The van der Waals surface area contributed by atoms with Crippen molar-refractivity contribution in [3.8, 4) is 0 Å². The van der Waals surface area contributed by atoms with Gasteiger partial charge in [-0.25, -0.2) is 35.9 Å². The van der Waals surface area contributed by atoms with E-state index in [2.05, 4.69) is 5.32 Å². The zero-order chi connectivity index (χ0) is 24.1. The summed E-state index contributed by atoms with van der Waals surface area (Å²) >= 11 is 0. The number of carbonyl (C=O) groups is 3. The molecule has 0 heterocycles. The summed E-state index contributed by atoms with van der Waals surface area (Å²) in [6.45, 7) is 0.914. The van der Waals surface area contributed by atoms with Crippen LogP contribution in [0.4, 0.5) is 18.0 Å². The lowest BCUT2D eigenvalue weighted by molar-refractivity contribution is -0.127. The van der Waals surface area contributed by atoms with Crippen molar-refractivity contribution >= 4 is 27.9 Å². The van der Waals surface area contributed by atoms with Gasteiger partial charge in [0.25, 0.3) is 5.91 Å². The van der Waals surface area contributed by atoms with Crippen LogP contribution in [0.2, 0.25) is 0 Å². The van der Waals surface area contributed by atoms with Gasteiger partial charge < -0.3 is 10.1 Å². The van der Waals surface area contributed by atoms with Gasteiger partial charge in [-0.2, -0.15) is 0 Å². The number of halogens is 3. The minimum atomic E-state index is -4.49. The quantitative estimate of drug-likeness (QED) is 0.414. The van der Waals surface area contributed by atoms with E-state index in [9.17, 15) is 36.0 Å². The van der Waals surface area contributed by atoms with Gasteiger partial charge in [0, 0.05) is 13.6 Å². The number of urea groups is 1. The van der Waals surface area contributed by atoms with Crippen molar-refractivity contribution < 1.29 is 40.7 Å². The number of hydrogen-bond acceptors (Lipinski definition) is 6. The highest BCUT2D eigenvalue weighted by Crippen LogP contribution is 2.20. The number of benzene rings is 2. The Morgan fingerprint density at radius 3 is 2.22 bits per heavy atom. The van der Waals surface area contributed by atoms with Gasteiger partial charge >= 0.3 is 12.0 Å². The van der Waals surface area contributed by atoms with E-state index in [0.717, 1.165) is 0 Å². The molecule has 1 atom stereocenters. The Labute approximate surface area is 181 Å². The van der Waals surface area contributed by atoms with Crippen LogP contribution >= 0.6 is 0 Å². The molecule has 3 N–H and O–H groups in total. The fourth-order valence-electron chi connectivity index (χ4n) is 2.29. The van der Waals surface area contributed by atoms with Crippen LogP contribution in [0.1, 0.15) is 22.8 Å². The van der Waals surface area contributed by atoms with Crippen molar-refractivity contribution in [2.24, 2.45) is 0 Å². The van der Waals surface area contributed by atoms with E-state index < -0.39 is 56.4 Å². The van der Waals surface area contributed by atoms with Crippen LogP contribution in [0.15, 0.2) is 41.3 Å². The lowest BCUT2D eigenvalue weighted by Crippen LogP contribution is -2.43. The molecule has 2 aromatic carbocycles. The predicted molar refractivity (Wildman–Crippen MR) is 104 cm³/mol. The molecule has 0 aliphatic carbocycles. The van der Waals surface area contributed by atoms with Crippen LogP contribution in [0.5, 0.6) is 0 Å². The van der Waals surface area contributed by atoms with E-state index >= 15 is 0 Å². The second-order valence-electron chi connectivity index (χ2n) is 6.31. The van der Waals surface area contributed by atoms with Crippen molar-refractivity contribution in [1.82, 2.24) is 15.4 Å². The number of esters is 1. The number of rotatable bonds is 7. The van der Waals surface area contributed by atoms with Crippen molar-refractivity contribution in [2.75, 3.05) is 7.05 Å². The number of hydrogen-bond donors (Lipinski definition) is 3. The number of nitrogens with one attached hydrogen (secondary N) is 3. The van der Waals surface area contributed by atoms with E-state index in [1.165, 1.54) is 38.2 Å². The SMILES string of the molecule is CNC(=O)NC(=O)[C@@H](C)OC(=O)c1ccc(CNS(=O)(=O)c2ccc(F)c(F)c2F)cc1. The van der Waals surface area contributed by atoms with Crippen LogP contribution in [-0.4, -0.2) is 39.5 Å². The molecule has 9 nitrogen and oxygen atoms in total. The average molecular weight is 473 g/mol. The van der Waals surface area contributed by atoms with Crippen LogP contribution < -0.4 is 15.4 Å². The summed E-state index contributed by atoms with van der Waals surface area (Å²) in [5.41, 5.74) is 0.376. The number of amides is 3. The number of ether oxygens (including phenoxy) is 1. The highest BCUT2D eigenvalue weighted by atomic mass is 32.2. The van der Waals surface area contributed by atoms with Gasteiger partial charge in [0.1, 0.15) is 4.90 Å². The van der Waals surface area contributed by atoms with Crippen molar-refractivity contribution in [1.29, 1.82) is 0 Å². The van der Waals surface area contributed by atoms with Gasteiger partial charge in [-0.05, 0) is 36.8 Å².